The van der Waals surface area contributed by atoms with E-state index in [9.17, 15) is 14.2 Å². The number of hydrogen-bond acceptors (Lipinski definition) is 4. The summed E-state index contributed by atoms with van der Waals surface area (Å²) in [5, 5.41) is 0. The molecule has 0 aliphatic carbocycles. The van der Waals surface area contributed by atoms with Gasteiger partial charge in [-0.2, -0.15) is 0 Å². The lowest BCUT2D eigenvalue weighted by molar-refractivity contribution is -0.154. The van der Waals surface area contributed by atoms with Crippen LogP contribution in [0.3, 0.4) is 0 Å². The zero-order chi connectivity index (χ0) is 16.5. The van der Waals surface area contributed by atoms with Gasteiger partial charge in [0.15, 0.2) is 0 Å². The maximum Gasteiger partial charge on any atom is 0.453 e. The van der Waals surface area contributed by atoms with Crippen LogP contribution in [-0.4, -0.2) is 35.3 Å². The number of carbonyl (C=O) groups excluding carboxylic acids is 2. The summed E-state index contributed by atoms with van der Waals surface area (Å²) in [6.45, 7) is 3.57. The molecule has 0 bridgehead atoms. The van der Waals surface area contributed by atoms with Crippen molar-refractivity contribution in [1.29, 1.82) is 0 Å². The standard InChI is InChI=1S/C15H21N2O4P/c1-5-15(6-2)13(18)16(3)22(20,17(4)14(15)19)21-12-10-8-7-9-11-12/h7-11H,5-6H2,1-4H3. The minimum Gasteiger partial charge on any atom is -0.414 e. The lowest BCUT2D eigenvalue weighted by atomic mass is 9.80. The molecule has 7 heteroatoms. The Morgan fingerprint density at radius 3 is 1.86 bits per heavy atom. The molecule has 1 fully saturated rings. The van der Waals surface area contributed by atoms with E-state index in [4.69, 9.17) is 4.52 Å². The Labute approximate surface area is 130 Å². The summed E-state index contributed by atoms with van der Waals surface area (Å²) < 4.78 is 20.9. The second-order valence-electron chi connectivity index (χ2n) is 5.34. The van der Waals surface area contributed by atoms with Gasteiger partial charge in [-0.1, -0.05) is 32.0 Å². The van der Waals surface area contributed by atoms with Crippen LogP contribution in [0.2, 0.25) is 0 Å². The van der Waals surface area contributed by atoms with E-state index in [1.807, 2.05) is 0 Å². The van der Waals surface area contributed by atoms with Crippen molar-refractivity contribution in [2.45, 2.75) is 26.7 Å². The molecule has 1 aromatic rings. The normalized spacial score (nSPS) is 20.2. The van der Waals surface area contributed by atoms with E-state index in [2.05, 4.69) is 0 Å². The molecule has 1 aliphatic heterocycles. The molecule has 1 saturated heterocycles. The Hall–Kier alpha value is -1.81. The molecule has 6 nitrogen and oxygen atoms in total. The first-order valence-corrected chi connectivity index (χ1v) is 8.78. The number of carbonyl (C=O) groups is 2. The van der Waals surface area contributed by atoms with Crippen LogP contribution < -0.4 is 4.52 Å². The monoisotopic (exact) mass is 324 g/mol. The summed E-state index contributed by atoms with van der Waals surface area (Å²) in [6, 6.07) is 8.54. The number of nitrogens with zero attached hydrogens (tertiary/aromatic N) is 2. The fourth-order valence-corrected chi connectivity index (χ4v) is 4.62. The van der Waals surface area contributed by atoms with Crippen molar-refractivity contribution in [2.75, 3.05) is 14.1 Å². The maximum atomic E-state index is 13.2. The van der Waals surface area contributed by atoms with Gasteiger partial charge in [0, 0.05) is 14.1 Å². The number of rotatable bonds is 4. The lowest BCUT2D eigenvalue weighted by Gasteiger charge is -2.46. The fraction of sp³-hybridized carbons (Fsp3) is 0.467. The van der Waals surface area contributed by atoms with Crippen molar-refractivity contribution in [3.63, 3.8) is 0 Å². The van der Waals surface area contributed by atoms with Crippen LogP contribution in [0.5, 0.6) is 5.75 Å². The van der Waals surface area contributed by atoms with Gasteiger partial charge in [0.25, 0.3) is 0 Å². The average molecular weight is 324 g/mol. The summed E-state index contributed by atoms with van der Waals surface area (Å²) in [5.74, 6) is -0.537. The van der Waals surface area contributed by atoms with E-state index in [0.717, 1.165) is 9.34 Å². The van der Waals surface area contributed by atoms with E-state index in [1.165, 1.54) is 14.1 Å². The molecule has 1 aliphatic rings. The molecular weight excluding hydrogens is 303 g/mol. The van der Waals surface area contributed by atoms with Gasteiger partial charge in [-0.3, -0.25) is 9.59 Å². The van der Waals surface area contributed by atoms with Crippen molar-refractivity contribution in [1.82, 2.24) is 9.34 Å². The third kappa shape index (κ3) is 2.22. The highest BCUT2D eigenvalue weighted by atomic mass is 31.2. The number of hydrogen-bond donors (Lipinski definition) is 0. The van der Waals surface area contributed by atoms with Gasteiger partial charge in [0.2, 0.25) is 11.8 Å². The number of benzene rings is 1. The van der Waals surface area contributed by atoms with Crippen molar-refractivity contribution in [3.05, 3.63) is 30.3 Å². The topological polar surface area (TPSA) is 66.9 Å². The first kappa shape index (κ1) is 16.6. The molecule has 1 heterocycles. The highest BCUT2D eigenvalue weighted by molar-refractivity contribution is 7.56. The van der Waals surface area contributed by atoms with Crippen molar-refractivity contribution in [2.24, 2.45) is 5.41 Å². The Morgan fingerprint density at radius 2 is 1.45 bits per heavy atom. The van der Waals surface area contributed by atoms with Crippen LogP contribution in [-0.2, 0) is 14.2 Å². The van der Waals surface area contributed by atoms with Crippen LogP contribution in [0.25, 0.3) is 0 Å². The molecule has 22 heavy (non-hydrogen) atoms. The molecule has 2 rings (SSSR count). The first-order valence-electron chi connectivity index (χ1n) is 7.25. The number of amides is 2. The third-order valence-corrected chi connectivity index (χ3v) is 6.67. The quantitative estimate of drug-likeness (QED) is 0.631. The average Bonchev–Trinajstić information content (AvgIpc) is 2.54. The van der Waals surface area contributed by atoms with Gasteiger partial charge in [-0.25, -0.2) is 13.9 Å². The molecule has 0 radical (unpaired) electrons. The van der Waals surface area contributed by atoms with Gasteiger partial charge >= 0.3 is 7.67 Å². The van der Waals surface area contributed by atoms with Gasteiger partial charge in [0.05, 0.1) is 0 Å². The summed E-state index contributed by atoms with van der Waals surface area (Å²) in [4.78, 5) is 25.4. The molecule has 2 amide bonds. The third-order valence-electron chi connectivity index (χ3n) is 4.34. The summed E-state index contributed by atoms with van der Waals surface area (Å²) in [5.41, 5.74) is -1.16. The predicted molar refractivity (Wildman–Crippen MR) is 83.2 cm³/mol. The zero-order valence-electron chi connectivity index (χ0n) is 13.3. The van der Waals surface area contributed by atoms with Crippen LogP contribution in [0.1, 0.15) is 26.7 Å². The fourth-order valence-electron chi connectivity index (χ4n) is 2.74. The van der Waals surface area contributed by atoms with Gasteiger partial charge in [-0.05, 0) is 25.0 Å². The second kappa shape index (κ2) is 5.76. The largest absolute Gasteiger partial charge is 0.453 e. The van der Waals surface area contributed by atoms with Gasteiger partial charge in [0.1, 0.15) is 11.2 Å². The molecule has 120 valence electrons. The summed E-state index contributed by atoms with van der Waals surface area (Å²) >= 11 is 0. The Kier molecular flexibility index (Phi) is 4.34. The van der Waals surface area contributed by atoms with Crippen molar-refractivity contribution in [3.8, 4) is 5.75 Å². The SMILES string of the molecule is CCC1(CC)C(=O)N(C)P(=O)(Oc2ccccc2)N(C)C1=O. The van der Waals surface area contributed by atoms with Crippen LogP contribution in [0, 0.1) is 5.41 Å². The smallest absolute Gasteiger partial charge is 0.414 e. The molecule has 0 saturated carbocycles. The molecule has 0 N–H and O–H groups in total. The maximum absolute atomic E-state index is 13.2. The lowest BCUT2D eigenvalue weighted by Crippen LogP contribution is -2.57. The van der Waals surface area contributed by atoms with E-state index in [1.54, 1.807) is 44.2 Å². The number of para-hydroxylation sites is 1. The molecule has 0 unspecified atom stereocenters. The minimum atomic E-state index is -3.77. The van der Waals surface area contributed by atoms with E-state index in [-0.39, 0.29) is 0 Å². The van der Waals surface area contributed by atoms with E-state index < -0.39 is 24.9 Å². The minimum absolute atomic E-state index is 0.352. The molecule has 0 atom stereocenters. The molecular formula is C15H21N2O4P. The van der Waals surface area contributed by atoms with E-state index >= 15 is 0 Å². The molecule has 0 spiro atoms. The highest BCUT2D eigenvalue weighted by Gasteiger charge is 2.59. The van der Waals surface area contributed by atoms with E-state index in [0.29, 0.717) is 18.6 Å². The first-order chi connectivity index (χ1) is 10.3. The molecule has 0 aromatic heterocycles. The predicted octanol–water partition coefficient (Wildman–Crippen LogP) is 2.91. The zero-order valence-corrected chi connectivity index (χ0v) is 14.2. The van der Waals surface area contributed by atoms with Gasteiger partial charge in [-0.15, -0.1) is 0 Å². The van der Waals surface area contributed by atoms with Gasteiger partial charge < -0.3 is 4.52 Å². The van der Waals surface area contributed by atoms with Crippen LogP contribution >= 0.6 is 7.67 Å². The Bertz CT molecular complexity index is 600. The highest BCUT2D eigenvalue weighted by Crippen LogP contribution is 2.59. The van der Waals surface area contributed by atoms with Crippen LogP contribution in [0.15, 0.2) is 30.3 Å². The summed E-state index contributed by atoms with van der Waals surface area (Å²) in [7, 11) is -0.917. The summed E-state index contributed by atoms with van der Waals surface area (Å²) in [6.07, 6.45) is 0.725. The van der Waals surface area contributed by atoms with Crippen LogP contribution in [0.4, 0.5) is 0 Å². The van der Waals surface area contributed by atoms with Crippen molar-refractivity contribution >= 4 is 19.5 Å². The second-order valence-corrected chi connectivity index (χ2v) is 7.71. The Balaban J connectivity index is 2.45. The molecule has 1 aromatic carbocycles. The van der Waals surface area contributed by atoms with Crippen molar-refractivity contribution < 1.29 is 18.7 Å². The Morgan fingerprint density at radius 1 is 1.00 bits per heavy atom.